The predicted octanol–water partition coefficient (Wildman–Crippen LogP) is 4.87. The largest absolute Gasteiger partial charge is 0.381 e. The summed E-state index contributed by atoms with van der Waals surface area (Å²) in [5, 5.41) is 3.49. The molecule has 0 radical (unpaired) electrons. The number of nitrogens with zero attached hydrogens (tertiary/aromatic N) is 3. The summed E-state index contributed by atoms with van der Waals surface area (Å²) in [4.78, 5) is 22.6. The average Bonchev–Trinajstić information content (AvgIpc) is 3.00. The lowest BCUT2D eigenvalue weighted by atomic mass is 9.88. The van der Waals surface area contributed by atoms with Crippen molar-refractivity contribution in [3.63, 3.8) is 0 Å². The minimum atomic E-state index is 0.122. The third kappa shape index (κ3) is 4.13. The Morgan fingerprint density at radius 2 is 1.94 bits per heavy atom. The zero-order chi connectivity index (χ0) is 21.2. The molecule has 3 heterocycles. The fourth-order valence-electron chi connectivity index (χ4n) is 5.18. The number of benzene rings is 1. The molecule has 1 saturated heterocycles. The van der Waals surface area contributed by atoms with Crippen molar-refractivity contribution in [3.8, 4) is 0 Å². The molecule has 1 N–H and O–H groups in total. The second-order valence-electron chi connectivity index (χ2n) is 9.05. The lowest BCUT2D eigenvalue weighted by Gasteiger charge is -2.34. The molecule has 5 rings (SSSR count). The molecule has 2 aliphatic heterocycles. The van der Waals surface area contributed by atoms with Crippen LogP contribution in [0.1, 0.15) is 50.5 Å². The molecule has 6 heteroatoms. The van der Waals surface area contributed by atoms with Gasteiger partial charge in [0.1, 0.15) is 5.82 Å². The summed E-state index contributed by atoms with van der Waals surface area (Å²) in [5.74, 6) is 1.22. The Labute approximate surface area is 184 Å². The van der Waals surface area contributed by atoms with Gasteiger partial charge in [-0.15, -0.1) is 0 Å². The van der Waals surface area contributed by atoms with Gasteiger partial charge in [-0.1, -0.05) is 25.3 Å². The van der Waals surface area contributed by atoms with Crippen molar-refractivity contribution < 1.29 is 9.53 Å². The van der Waals surface area contributed by atoms with Crippen molar-refractivity contribution in [2.45, 2.75) is 57.5 Å². The summed E-state index contributed by atoms with van der Waals surface area (Å²) in [6.07, 6.45) is 9.42. The SMILES string of the molecule is CN(c1ccc2c(c1)N(C(=O)C1CCCCC1)Cc1cccnc1N2)C1CCOCC1. The molecule has 1 amide bonds. The van der Waals surface area contributed by atoms with Gasteiger partial charge < -0.3 is 19.9 Å². The third-order valence-corrected chi connectivity index (χ3v) is 7.11. The van der Waals surface area contributed by atoms with E-state index in [4.69, 9.17) is 4.74 Å². The summed E-state index contributed by atoms with van der Waals surface area (Å²) in [7, 11) is 2.16. The highest BCUT2D eigenvalue weighted by Gasteiger charge is 2.31. The maximum atomic E-state index is 13.7. The molecule has 2 aromatic rings. The van der Waals surface area contributed by atoms with Crippen LogP contribution in [0.2, 0.25) is 0 Å². The average molecular weight is 421 g/mol. The molecule has 1 aromatic carbocycles. The molecule has 3 aliphatic rings. The number of carbonyl (C=O) groups is 1. The van der Waals surface area contributed by atoms with Gasteiger partial charge in [-0.05, 0) is 49.9 Å². The van der Waals surface area contributed by atoms with E-state index in [2.05, 4.69) is 46.5 Å². The van der Waals surface area contributed by atoms with E-state index < -0.39 is 0 Å². The fourth-order valence-corrected chi connectivity index (χ4v) is 5.18. The number of hydrogen-bond donors (Lipinski definition) is 1. The molecule has 164 valence electrons. The van der Waals surface area contributed by atoms with E-state index in [1.807, 2.05) is 11.0 Å². The van der Waals surface area contributed by atoms with Gasteiger partial charge in [-0.3, -0.25) is 4.79 Å². The highest BCUT2D eigenvalue weighted by Crippen LogP contribution is 2.40. The van der Waals surface area contributed by atoms with E-state index in [1.54, 1.807) is 6.20 Å². The second kappa shape index (κ2) is 8.87. The van der Waals surface area contributed by atoms with Crippen LogP contribution in [0.15, 0.2) is 36.5 Å². The summed E-state index contributed by atoms with van der Waals surface area (Å²) in [5.41, 5.74) is 4.12. The van der Waals surface area contributed by atoms with Crippen molar-refractivity contribution >= 4 is 28.8 Å². The Hall–Kier alpha value is -2.60. The number of rotatable bonds is 3. The van der Waals surface area contributed by atoms with Gasteiger partial charge in [-0.2, -0.15) is 0 Å². The van der Waals surface area contributed by atoms with Crippen LogP contribution in [-0.4, -0.2) is 37.2 Å². The lowest BCUT2D eigenvalue weighted by molar-refractivity contribution is -0.123. The highest BCUT2D eigenvalue weighted by atomic mass is 16.5. The molecule has 2 fully saturated rings. The number of ether oxygens (including phenoxy) is 1. The maximum Gasteiger partial charge on any atom is 0.230 e. The molecule has 6 nitrogen and oxygen atoms in total. The first-order chi connectivity index (χ1) is 15.2. The van der Waals surface area contributed by atoms with Crippen LogP contribution in [0.25, 0.3) is 0 Å². The summed E-state index contributed by atoms with van der Waals surface area (Å²) >= 11 is 0. The number of pyridine rings is 1. The minimum absolute atomic E-state index is 0.122. The van der Waals surface area contributed by atoms with E-state index in [0.717, 1.165) is 80.2 Å². The third-order valence-electron chi connectivity index (χ3n) is 7.11. The fraction of sp³-hybridized carbons (Fsp3) is 0.520. The zero-order valence-corrected chi connectivity index (χ0v) is 18.3. The Balaban J connectivity index is 1.51. The molecule has 1 aromatic heterocycles. The van der Waals surface area contributed by atoms with Crippen LogP contribution in [0.3, 0.4) is 0 Å². The molecule has 0 spiro atoms. The van der Waals surface area contributed by atoms with Crippen LogP contribution >= 0.6 is 0 Å². The number of nitrogens with one attached hydrogen (secondary N) is 1. The van der Waals surface area contributed by atoms with Gasteiger partial charge in [0.05, 0.1) is 17.9 Å². The first-order valence-corrected chi connectivity index (χ1v) is 11.7. The first-order valence-electron chi connectivity index (χ1n) is 11.7. The number of fused-ring (bicyclic) bond motifs is 2. The van der Waals surface area contributed by atoms with E-state index >= 15 is 0 Å². The van der Waals surface area contributed by atoms with Gasteiger partial charge in [0, 0.05) is 49.7 Å². The molecule has 31 heavy (non-hydrogen) atoms. The van der Waals surface area contributed by atoms with Crippen LogP contribution < -0.4 is 15.1 Å². The zero-order valence-electron chi connectivity index (χ0n) is 18.3. The number of hydrogen-bond acceptors (Lipinski definition) is 5. The maximum absolute atomic E-state index is 13.7. The number of carbonyl (C=O) groups excluding carboxylic acids is 1. The number of amides is 1. The normalized spacial score (nSPS) is 19.7. The topological polar surface area (TPSA) is 57.7 Å². The first kappa shape index (κ1) is 20.3. The Bertz CT molecular complexity index is 935. The smallest absolute Gasteiger partial charge is 0.230 e. The quantitative estimate of drug-likeness (QED) is 0.768. The van der Waals surface area contributed by atoms with Gasteiger partial charge in [0.2, 0.25) is 5.91 Å². The van der Waals surface area contributed by atoms with Gasteiger partial charge >= 0.3 is 0 Å². The molecule has 0 bridgehead atoms. The molecule has 1 aliphatic carbocycles. The van der Waals surface area contributed by atoms with Gasteiger partial charge in [-0.25, -0.2) is 4.98 Å². The Kier molecular flexibility index (Phi) is 5.81. The lowest BCUT2D eigenvalue weighted by Crippen LogP contribution is -2.38. The molecular formula is C25H32N4O2. The Morgan fingerprint density at radius 1 is 1.13 bits per heavy atom. The van der Waals surface area contributed by atoms with Gasteiger partial charge in [0.25, 0.3) is 0 Å². The standard InChI is InChI=1S/C25H32N4O2/c1-28(20-11-14-31-15-12-20)21-9-10-22-23(16-21)29(25(30)18-6-3-2-4-7-18)17-19-8-5-13-26-24(19)27-22/h5,8-10,13,16,18,20H,2-4,6-7,11-12,14-15,17H2,1H3,(H,26,27). The highest BCUT2D eigenvalue weighted by molar-refractivity contribution is 6.00. The minimum Gasteiger partial charge on any atom is -0.381 e. The molecular weight excluding hydrogens is 388 g/mol. The van der Waals surface area contributed by atoms with E-state index in [1.165, 1.54) is 6.42 Å². The monoisotopic (exact) mass is 420 g/mol. The van der Waals surface area contributed by atoms with Crippen molar-refractivity contribution in [2.75, 3.05) is 35.4 Å². The number of anilines is 4. The van der Waals surface area contributed by atoms with Crippen LogP contribution in [0.5, 0.6) is 0 Å². The van der Waals surface area contributed by atoms with Crippen LogP contribution in [0.4, 0.5) is 22.9 Å². The van der Waals surface area contributed by atoms with Crippen LogP contribution in [0, 0.1) is 5.92 Å². The van der Waals surface area contributed by atoms with Crippen molar-refractivity contribution in [1.29, 1.82) is 0 Å². The molecule has 1 saturated carbocycles. The van der Waals surface area contributed by atoms with Crippen molar-refractivity contribution in [2.24, 2.45) is 5.92 Å². The van der Waals surface area contributed by atoms with Crippen molar-refractivity contribution in [1.82, 2.24) is 4.98 Å². The summed E-state index contributed by atoms with van der Waals surface area (Å²) in [6.45, 7) is 2.19. The summed E-state index contributed by atoms with van der Waals surface area (Å²) < 4.78 is 5.55. The van der Waals surface area contributed by atoms with Gasteiger partial charge in [0.15, 0.2) is 0 Å². The predicted molar refractivity (Wildman–Crippen MR) is 124 cm³/mol. The van der Waals surface area contributed by atoms with Crippen LogP contribution in [-0.2, 0) is 16.1 Å². The van der Waals surface area contributed by atoms with E-state index in [-0.39, 0.29) is 11.8 Å². The van der Waals surface area contributed by atoms with Crippen molar-refractivity contribution in [3.05, 3.63) is 42.1 Å². The Morgan fingerprint density at radius 3 is 2.74 bits per heavy atom. The number of aromatic nitrogens is 1. The molecule has 0 atom stereocenters. The molecule has 0 unspecified atom stereocenters. The van der Waals surface area contributed by atoms with E-state index in [0.29, 0.717) is 12.6 Å². The summed E-state index contributed by atoms with van der Waals surface area (Å²) in [6, 6.07) is 10.9. The second-order valence-corrected chi connectivity index (χ2v) is 9.05. The van der Waals surface area contributed by atoms with E-state index in [9.17, 15) is 4.79 Å².